The molecule has 3 fully saturated rings. The fourth-order valence-electron chi connectivity index (χ4n) is 3.71. The Hall–Kier alpha value is -2.90. The second-order valence-electron chi connectivity index (χ2n) is 8.15. The van der Waals surface area contributed by atoms with E-state index in [9.17, 15) is 9.59 Å². The third-order valence-corrected chi connectivity index (χ3v) is 5.68. The summed E-state index contributed by atoms with van der Waals surface area (Å²) >= 11 is 0. The van der Waals surface area contributed by atoms with E-state index >= 15 is 0 Å². The maximum absolute atomic E-state index is 12.6. The molecule has 3 aliphatic rings. The molecule has 31 heavy (non-hydrogen) atoms. The Morgan fingerprint density at radius 1 is 1.10 bits per heavy atom. The largest absolute Gasteiger partial charge is 0.457 e. The van der Waals surface area contributed by atoms with Gasteiger partial charge in [-0.1, -0.05) is 24.3 Å². The zero-order valence-electron chi connectivity index (χ0n) is 17.6. The maximum atomic E-state index is 12.6. The summed E-state index contributed by atoms with van der Waals surface area (Å²) in [5.41, 5.74) is 6.47. The quantitative estimate of drug-likeness (QED) is 0.760. The van der Waals surface area contributed by atoms with E-state index < -0.39 is 0 Å². The Labute approximate surface area is 184 Å². The normalized spacial score (nSPS) is 24.0. The predicted molar refractivity (Wildman–Crippen MR) is 119 cm³/mol. The third kappa shape index (κ3) is 5.42. The number of rotatable bonds is 5. The van der Waals surface area contributed by atoms with Crippen molar-refractivity contribution in [2.75, 3.05) is 13.2 Å². The Balaban J connectivity index is 0.000000422. The standard InChI is InChI=1S/C20H21NO4.C4H7NO.2H2/c1-13-5-2-3-8-17(13)25-15-7-4-6-14(11-15)20(22)21-16-12-24-18-9-10-23-19(16)18;5-4(6)3-1-2-3;;/h2-8,11,16,18-19H,9-10,12H2,1H3,(H,21,22);3H,1-2H2,(H2,5,6);2*1H/t16-,18+,19+;;;/m0.../s1. The number of nitrogens with one attached hydrogen (secondary N) is 1. The molecule has 5 rings (SSSR count). The van der Waals surface area contributed by atoms with Crippen LogP contribution in [0.4, 0.5) is 0 Å². The van der Waals surface area contributed by atoms with Gasteiger partial charge in [0.1, 0.15) is 17.6 Å². The molecule has 3 atom stereocenters. The number of hydrogen-bond donors (Lipinski definition) is 2. The molecule has 0 spiro atoms. The molecule has 2 aromatic rings. The molecule has 3 N–H and O–H groups in total. The Morgan fingerprint density at radius 2 is 1.90 bits per heavy atom. The number of ether oxygens (including phenoxy) is 3. The number of benzene rings is 2. The van der Waals surface area contributed by atoms with E-state index in [0.717, 1.165) is 30.6 Å². The minimum absolute atomic E-state index is 0. The molecular formula is C24H32N2O5. The molecule has 0 aromatic heterocycles. The monoisotopic (exact) mass is 428 g/mol. The summed E-state index contributed by atoms with van der Waals surface area (Å²) in [7, 11) is 0. The summed E-state index contributed by atoms with van der Waals surface area (Å²) in [5, 5.41) is 3.02. The molecule has 7 heteroatoms. The first kappa shape index (κ1) is 21.3. The molecule has 0 radical (unpaired) electrons. The van der Waals surface area contributed by atoms with Crippen LogP contribution in [0.5, 0.6) is 11.5 Å². The van der Waals surface area contributed by atoms with Gasteiger partial charge in [-0.25, -0.2) is 0 Å². The van der Waals surface area contributed by atoms with Crippen LogP contribution in [0.1, 0.15) is 38.0 Å². The number of carbonyl (C=O) groups is 2. The highest BCUT2D eigenvalue weighted by Gasteiger charge is 2.42. The highest BCUT2D eigenvalue weighted by atomic mass is 16.6. The zero-order chi connectivity index (χ0) is 21.8. The third-order valence-electron chi connectivity index (χ3n) is 5.68. The van der Waals surface area contributed by atoms with Gasteiger partial charge in [0.05, 0.1) is 18.8 Å². The summed E-state index contributed by atoms with van der Waals surface area (Å²) in [6, 6.07) is 14.9. The lowest BCUT2D eigenvalue weighted by Crippen LogP contribution is -2.43. The topological polar surface area (TPSA) is 99.9 Å². The molecule has 2 aromatic carbocycles. The molecule has 2 amide bonds. The van der Waals surface area contributed by atoms with E-state index in [4.69, 9.17) is 19.9 Å². The molecule has 2 aliphatic heterocycles. The van der Waals surface area contributed by atoms with Gasteiger partial charge in [-0.15, -0.1) is 0 Å². The number of hydrogen-bond acceptors (Lipinski definition) is 5. The molecule has 0 unspecified atom stereocenters. The van der Waals surface area contributed by atoms with E-state index in [1.807, 2.05) is 43.3 Å². The molecular weight excluding hydrogens is 396 g/mol. The van der Waals surface area contributed by atoms with Crippen LogP contribution in [-0.4, -0.2) is 43.3 Å². The van der Waals surface area contributed by atoms with Gasteiger partial charge in [0.2, 0.25) is 5.91 Å². The summed E-state index contributed by atoms with van der Waals surface area (Å²) in [6.45, 7) is 3.19. The SMILES string of the molecule is Cc1ccccc1Oc1cccc(C(=O)N[C@H]2CO[C@@H]3CCO[C@H]23)c1.NC(=O)C1CC1.[HH].[HH]. The van der Waals surface area contributed by atoms with Crippen molar-refractivity contribution in [2.45, 2.75) is 44.4 Å². The van der Waals surface area contributed by atoms with Gasteiger partial charge < -0.3 is 25.3 Å². The summed E-state index contributed by atoms with van der Waals surface area (Å²) in [6.07, 6.45) is 3.03. The second kappa shape index (κ2) is 9.49. The van der Waals surface area contributed by atoms with Crippen molar-refractivity contribution in [1.82, 2.24) is 5.32 Å². The highest BCUT2D eigenvalue weighted by Crippen LogP contribution is 2.28. The average Bonchev–Trinajstić information content (AvgIpc) is 3.41. The van der Waals surface area contributed by atoms with Crippen molar-refractivity contribution in [3.8, 4) is 11.5 Å². The van der Waals surface area contributed by atoms with Crippen molar-refractivity contribution in [3.05, 3.63) is 59.7 Å². The molecule has 1 saturated carbocycles. The number of nitrogens with two attached hydrogens (primary N) is 1. The first-order valence-electron chi connectivity index (χ1n) is 10.7. The molecule has 0 bridgehead atoms. The van der Waals surface area contributed by atoms with Gasteiger partial charge in [0.15, 0.2) is 0 Å². The Kier molecular flexibility index (Phi) is 6.53. The molecule has 1 aliphatic carbocycles. The van der Waals surface area contributed by atoms with E-state index in [-0.39, 0.29) is 38.8 Å². The number of primary amides is 1. The average molecular weight is 429 g/mol. The van der Waals surface area contributed by atoms with Crippen molar-refractivity contribution < 1.29 is 26.7 Å². The second-order valence-corrected chi connectivity index (χ2v) is 8.15. The predicted octanol–water partition coefficient (Wildman–Crippen LogP) is 3.45. The minimum atomic E-state index is -0.139. The minimum Gasteiger partial charge on any atom is -0.457 e. The maximum Gasteiger partial charge on any atom is 0.251 e. The number of amides is 2. The lowest BCUT2D eigenvalue weighted by molar-refractivity contribution is -0.119. The van der Waals surface area contributed by atoms with Crippen LogP contribution in [0.2, 0.25) is 0 Å². The van der Waals surface area contributed by atoms with Gasteiger partial charge in [-0.3, -0.25) is 9.59 Å². The van der Waals surface area contributed by atoms with Crippen molar-refractivity contribution in [2.24, 2.45) is 11.7 Å². The van der Waals surface area contributed by atoms with Crippen LogP contribution in [-0.2, 0) is 14.3 Å². The van der Waals surface area contributed by atoms with Crippen LogP contribution < -0.4 is 15.8 Å². The molecule has 2 heterocycles. The van der Waals surface area contributed by atoms with Gasteiger partial charge in [-0.05, 0) is 56.0 Å². The van der Waals surface area contributed by atoms with Crippen molar-refractivity contribution >= 4 is 11.8 Å². The van der Waals surface area contributed by atoms with E-state index in [0.29, 0.717) is 24.5 Å². The summed E-state index contributed by atoms with van der Waals surface area (Å²) < 4.78 is 17.3. The molecule has 2 saturated heterocycles. The van der Waals surface area contributed by atoms with Gasteiger partial charge in [0, 0.05) is 20.9 Å². The van der Waals surface area contributed by atoms with Crippen LogP contribution in [0, 0.1) is 12.8 Å². The number of para-hydroxylation sites is 1. The summed E-state index contributed by atoms with van der Waals surface area (Å²) in [4.78, 5) is 22.6. The first-order valence-corrected chi connectivity index (χ1v) is 10.7. The fourth-order valence-corrected chi connectivity index (χ4v) is 3.71. The lowest BCUT2D eigenvalue weighted by Gasteiger charge is -2.17. The van der Waals surface area contributed by atoms with E-state index in [1.54, 1.807) is 12.1 Å². The van der Waals surface area contributed by atoms with Crippen molar-refractivity contribution in [3.63, 3.8) is 0 Å². The van der Waals surface area contributed by atoms with Crippen LogP contribution in [0.25, 0.3) is 0 Å². The highest BCUT2D eigenvalue weighted by molar-refractivity contribution is 5.94. The number of aryl methyl sites for hydroxylation is 1. The van der Waals surface area contributed by atoms with Crippen LogP contribution in [0.15, 0.2) is 48.5 Å². The first-order chi connectivity index (χ1) is 15.0. The van der Waals surface area contributed by atoms with Gasteiger partial charge in [-0.2, -0.15) is 0 Å². The van der Waals surface area contributed by atoms with Crippen molar-refractivity contribution in [1.29, 1.82) is 0 Å². The lowest BCUT2D eigenvalue weighted by atomic mass is 10.1. The fraction of sp³-hybridized carbons (Fsp3) is 0.417. The van der Waals surface area contributed by atoms with Crippen LogP contribution >= 0.6 is 0 Å². The number of fused-ring (bicyclic) bond motifs is 1. The smallest absolute Gasteiger partial charge is 0.251 e. The van der Waals surface area contributed by atoms with E-state index in [1.165, 1.54) is 0 Å². The Bertz CT molecular complexity index is 954. The molecule has 168 valence electrons. The zero-order valence-corrected chi connectivity index (χ0v) is 17.6. The van der Waals surface area contributed by atoms with Crippen LogP contribution in [0.3, 0.4) is 0 Å². The number of carbonyl (C=O) groups excluding carboxylic acids is 2. The van der Waals surface area contributed by atoms with Gasteiger partial charge >= 0.3 is 0 Å². The van der Waals surface area contributed by atoms with Gasteiger partial charge in [0.25, 0.3) is 5.91 Å². The summed E-state index contributed by atoms with van der Waals surface area (Å²) in [5.74, 6) is 1.39. The van der Waals surface area contributed by atoms with E-state index in [2.05, 4.69) is 5.32 Å². The Morgan fingerprint density at radius 3 is 2.61 bits per heavy atom. The molecule has 7 nitrogen and oxygen atoms in total.